The van der Waals surface area contributed by atoms with Crippen molar-refractivity contribution in [3.8, 4) is 5.75 Å². The van der Waals surface area contributed by atoms with E-state index in [0.717, 1.165) is 0 Å². The minimum Gasteiger partial charge on any atom is -0.493 e. The Hall–Kier alpha value is -2.24. The minimum absolute atomic E-state index is 0.0161. The Bertz CT molecular complexity index is 515. The number of carbonyl (C=O) groups excluding carboxylic acids is 2. The summed E-state index contributed by atoms with van der Waals surface area (Å²) in [6.45, 7) is 4.53. The van der Waals surface area contributed by atoms with Gasteiger partial charge in [0.15, 0.2) is 0 Å². The molecule has 6 nitrogen and oxygen atoms in total. The Morgan fingerprint density at radius 2 is 1.90 bits per heavy atom. The Labute approximate surface area is 125 Å². The predicted molar refractivity (Wildman–Crippen MR) is 82.3 cm³/mol. The molecule has 0 saturated heterocycles. The van der Waals surface area contributed by atoms with Crippen LogP contribution >= 0.6 is 0 Å². The van der Waals surface area contributed by atoms with E-state index in [4.69, 9.17) is 10.5 Å². The van der Waals surface area contributed by atoms with Crippen LogP contribution in [0.4, 0.5) is 5.69 Å². The van der Waals surface area contributed by atoms with Crippen LogP contribution in [0.2, 0.25) is 0 Å². The van der Waals surface area contributed by atoms with Crippen molar-refractivity contribution in [1.29, 1.82) is 0 Å². The highest BCUT2D eigenvalue weighted by atomic mass is 16.5. The molecule has 0 fully saturated rings. The summed E-state index contributed by atoms with van der Waals surface area (Å²) < 4.78 is 5.46. The molecule has 0 radical (unpaired) electrons. The van der Waals surface area contributed by atoms with Gasteiger partial charge in [-0.25, -0.2) is 0 Å². The van der Waals surface area contributed by atoms with Gasteiger partial charge in [0.2, 0.25) is 5.91 Å². The largest absolute Gasteiger partial charge is 0.493 e. The van der Waals surface area contributed by atoms with Gasteiger partial charge in [0.1, 0.15) is 11.3 Å². The number of amides is 2. The van der Waals surface area contributed by atoms with E-state index < -0.39 is 0 Å². The van der Waals surface area contributed by atoms with E-state index in [-0.39, 0.29) is 18.4 Å². The monoisotopic (exact) mass is 293 g/mol. The second-order valence-corrected chi connectivity index (χ2v) is 4.76. The summed E-state index contributed by atoms with van der Waals surface area (Å²) in [5.41, 5.74) is 6.57. The molecule has 2 N–H and O–H groups in total. The summed E-state index contributed by atoms with van der Waals surface area (Å²) in [5, 5.41) is 0. The van der Waals surface area contributed by atoms with Gasteiger partial charge in [-0.2, -0.15) is 0 Å². The molecule has 0 spiro atoms. The van der Waals surface area contributed by atoms with Crippen LogP contribution in [0, 0.1) is 0 Å². The van der Waals surface area contributed by atoms with Crippen molar-refractivity contribution < 1.29 is 14.3 Å². The number of likely N-dealkylation sites (N-methyl/N-ethyl adjacent to an activating group) is 2. The standard InChI is InChI=1S/C15H23N3O3/c1-5-18(10-13(19)17(3)4)15(20)14-11(16)8-7-9-12(14)21-6-2/h7-9H,5-6,10,16H2,1-4H3. The molecule has 1 rings (SSSR count). The molecule has 0 aliphatic carbocycles. The van der Waals surface area contributed by atoms with Crippen LogP contribution in [-0.2, 0) is 4.79 Å². The molecule has 1 aromatic carbocycles. The van der Waals surface area contributed by atoms with Gasteiger partial charge in [0.25, 0.3) is 5.91 Å². The maximum Gasteiger partial charge on any atom is 0.260 e. The van der Waals surface area contributed by atoms with Crippen LogP contribution in [0.1, 0.15) is 24.2 Å². The Morgan fingerprint density at radius 1 is 1.24 bits per heavy atom. The average molecular weight is 293 g/mol. The lowest BCUT2D eigenvalue weighted by atomic mass is 10.1. The number of hydrogen-bond acceptors (Lipinski definition) is 4. The maximum atomic E-state index is 12.6. The first kappa shape index (κ1) is 16.8. The SMILES string of the molecule is CCOc1cccc(N)c1C(=O)N(CC)CC(=O)N(C)C. The number of nitrogen functional groups attached to an aromatic ring is 1. The highest BCUT2D eigenvalue weighted by molar-refractivity contribution is 6.03. The molecule has 0 bridgehead atoms. The number of nitrogens with two attached hydrogens (primary N) is 1. The van der Waals surface area contributed by atoms with Crippen LogP contribution in [0.25, 0.3) is 0 Å². The molecule has 6 heteroatoms. The van der Waals surface area contributed by atoms with Gasteiger partial charge in [-0.05, 0) is 26.0 Å². The molecule has 116 valence electrons. The zero-order valence-corrected chi connectivity index (χ0v) is 13.0. The quantitative estimate of drug-likeness (QED) is 0.800. The third-order valence-corrected chi connectivity index (χ3v) is 3.07. The van der Waals surface area contributed by atoms with Gasteiger partial charge in [-0.3, -0.25) is 9.59 Å². The Kier molecular flexibility index (Phi) is 6.02. The summed E-state index contributed by atoms with van der Waals surface area (Å²) in [5.74, 6) is 0.00478. The van der Waals surface area contributed by atoms with Gasteiger partial charge < -0.3 is 20.3 Å². The fourth-order valence-corrected chi connectivity index (χ4v) is 1.84. The van der Waals surface area contributed by atoms with Crippen molar-refractivity contribution in [1.82, 2.24) is 9.80 Å². The molecular formula is C15H23N3O3. The van der Waals surface area contributed by atoms with E-state index in [1.807, 2.05) is 13.8 Å². The van der Waals surface area contributed by atoms with Gasteiger partial charge >= 0.3 is 0 Å². The Balaban J connectivity index is 3.07. The molecule has 0 saturated carbocycles. The molecule has 0 heterocycles. The topological polar surface area (TPSA) is 75.9 Å². The van der Waals surface area contributed by atoms with E-state index in [1.54, 1.807) is 32.3 Å². The first-order valence-electron chi connectivity index (χ1n) is 6.93. The fourth-order valence-electron chi connectivity index (χ4n) is 1.84. The molecule has 2 amide bonds. The minimum atomic E-state index is -0.297. The van der Waals surface area contributed by atoms with Gasteiger partial charge in [0, 0.05) is 26.3 Å². The number of anilines is 1. The lowest BCUT2D eigenvalue weighted by Crippen LogP contribution is -2.40. The maximum absolute atomic E-state index is 12.6. The van der Waals surface area contributed by atoms with Crippen molar-refractivity contribution in [3.05, 3.63) is 23.8 Å². The van der Waals surface area contributed by atoms with E-state index in [0.29, 0.717) is 30.2 Å². The molecule has 0 aliphatic heterocycles. The average Bonchev–Trinajstić information content (AvgIpc) is 2.44. The third-order valence-electron chi connectivity index (χ3n) is 3.07. The second-order valence-electron chi connectivity index (χ2n) is 4.76. The third kappa shape index (κ3) is 4.11. The van der Waals surface area contributed by atoms with Gasteiger partial charge in [0.05, 0.1) is 13.2 Å². The highest BCUT2D eigenvalue weighted by Crippen LogP contribution is 2.26. The molecule has 0 aliphatic rings. The smallest absolute Gasteiger partial charge is 0.260 e. The zero-order chi connectivity index (χ0) is 16.0. The summed E-state index contributed by atoms with van der Waals surface area (Å²) in [7, 11) is 3.31. The van der Waals surface area contributed by atoms with E-state index >= 15 is 0 Å². The predicted octanol–water partition coefficient (Wildman–Crippen LogP) is 1.22. The second kappa shape index (κ2) is 7.52. The van der Waals surface area contributed by atoms with Crippen LogP contribution in [-0.4, -0.2) is 55.4 Å². The fraction of sp³-hybridized carbons (Fsp3) is 0.467. The van der Waals surface area contributed by atoms with E-state index in [2.05, 4.69) is 0 Å². The molecule has 0 unspecified atom stereocenters. The number of carbonyl (C=O) groups is 2. The number of ether oxygens (including phenoxy) is 1. The van der Waals surface area contributed by atoms with Gasteiger partial charge in [-0.1, -0.05) is 6.07 Å². The van der Waals surface area contributed by atoms with E-state index in [9.17, 15) is 9.59 Å². The summed E-state index contributed by atoms with van der Waals surface area (Å²) in [4.78, 5) is 27.4. The van der Waals surface area contributed by atoms with Crippen LogP contribution in [0.3, 0.4) is 0 Å². The summed E-state index contributed by atoms with van der Waals surface area (Å²) in [6, 6.07) is 5.09. The first-order chi connectivity index (χ1) is 9.92. The van der Waals surface area contributed by atoms with Crippen molar-refractivity contribution in [3.63, 3.8) is 0 Å². The molecule has 1 aromatic rings. The molecule has 0 aromatic heterocycles. The normalized spacial score (nSPS) is 10.1. The van der Waals surface area contributed by atoms with Crippen molar-refractivity contribution in [2.24, 2.45) is 0 Å². The lowest BCUT2D eigenvalue weighted by Gasteiger charge is -2.24. The zero-order valence-electron chi connectivity index (χ0n) is 13.0. The van der Waals surface area contributed by atoms with Gasteiger partial charge in [-0.15, -0.1) is 0 Å². The molecule has 21 heavy (non-hydrogen) atoms. The lowest BCUT2D eigenvalue weighted by molar-refractivity contribution is -0.129. The van der Waals surface area contributed by atoms with Crippen molar-refractivity contribution >= 4 is 17.5 Å². The van der Waals surface area contributed by atoms with Crippen LogP contribution in [0.15, 0.2) is 18.2 Å². The van der Waals surface area contributed by atoms with E-state index in [1.165, 1.54) is 9.80 Å². The molecular weight excluding hydrogens is 270 g/mol. The highest BCUT2D eigenvalue weighted by Gasteiger charge is 2.23. The number of benzene rings is 1. The van der Waals surface area contributed by atoms with Crippen molar-refractivity contribution in [2.45, 2.75) is 13.8 Å². The van der Waals surface area contributed by atoms with Crippen LogP contribution < -0.4 is 10.5 Å². The van der Waals surface area contributed by atoms with Crippen LogP contribution in [0.5, 0.6) is 5.75 Å². The number of hydrogen-bond donors (Lipinski definition) is 1. The van der Waals surface area contributed by atoms with Crippen molar-refractivity contribution in [2.75, 3.05) is 39.5 Å². The number of rotatable bonds is 6. The summed E-state index contributed by atoms with van der Waals surface area (Å²) in [6.07, 6.45) is 0. The number of nitrogens with zero attached hydrogens (tertiary/aromatic N) is 2. The Morgan fingerprint density at radius 3 is 2.43 bits per heavy atom. The molecule has 0 atom stereocenters. The summed E-state index contributed by atoms with van der Waals surface area (Å²) >= 11 is 0. The first-order valence-corrected chi connectivity index (χ1v) is 6.93.